The normalized spacial score (nSPS) is 10.2. The molecule has 2 rings (SSSR count). The summed E-state index contributed by atoms with van der Waals surface area (Å²) in [6.07, 6.45) is 0. The number of methoxy groups -OCH3 is 1. The molecule has 0 saturated heterocycles. The lowest BCUT2D eigenvalue weighted by molar-refractivity contribution is 0.102. The number of nitrogens with one attached hydrogen (secondary N) is 1. The fourth-order valence-electron chi connectivity index (χ4n) is 1.43. The number of thiazole rings is 1. The molecular formula is C12H11ClN2O2S. The van der Waals surface area contributed by atoms with Gasteiger partial charge in [-0.1, -0.05) is 11.6 Å². The smallest absolute Gasteiger partial charge is 0.275 e. The zero-order valence-electron chi connectivity index (χ0n) is 9.86. The van der Waals surface area contributed by atoms with Crippen molar-refractivity contribution in [3.8, 4) is 5.75 Å². The Balaban J connectivity index is 2.23. The van der Waals surface area contributed by atoms with E-state index >= 15 is 0 Å². The Kier molecular flexibility index (Phi) is 3.84. The number of carbonyl (C=O) groups is 1. The molecule has 0 saturated carbocycles. The van der Waals surface area contributed by atoms with Crippen molar-refractivity contribution in [2.75, 3.05) is 12.4 Å². The molecule has 0 aliphatic carbocycles. The molecule has 94 valence electrons. The van der Waals surface area contributed by atoms with Crippen LogP contribution in [0, 0.1) is 6.92 Å². The maximum absolute atomic E-state index is 11.9. The van der Waals surface area contributed by atoms with Crippen LogP contribution in [0.2, 0.25) is 5.02 Å². The Morgan fingerprint density at radius 1 is 1.50 bits per heavy atom. The van der Waals surface area contributed by atoms with Crippen molar-refractivity contribution in [3.63, 3.8) is 0 Å². The number of hydrogen-bond acceptors (Lipinski definition) is 4. The first-order valence-electron chi connectivity index (χ1n) is 5.17. The summed E-state index contributed by atoms with van der Waals surface area (Å²) in [6.45, 7) is 1.85. The highest BCUT2D eigenvalue weighted by Crippen LogP contribution is 2.28. The summed E-state index contributed by atoms with van der Waals surface area (Å²) in [5.41, 5.74) is 0.917. The lowest BCUT2D eigenvalue weighted by atomic mass is 10.3. The topological polar surface area (TPSA) is 51.2 Å². The van der Waals surface area contributed by atoms with E-state index in [0.717, 1.165) is 5.01 Å². The third-order valence-electron chi connectivity index (χ3n) is 2.26. The Morgan fingerprint density at radius 3 is 2.89 bits per heavy atom. The summed E-state index contributed by atoms with van der Waals surface area (Å²) in [5, 5.41) is 5.81. The average molecular weight is 283 g/mol. The van der Waals surface area contributed by atoms with Crippen LogP contribution in [-0.4, -0.2) is 18.0 Å². The lowest BCUT2D eigenvalue weighted by Crippen LogP contribution is -2.13. The van der Waals surface area contributed by atoms with Crippen LogP contribution < -0.4 is 10.1 Å². The van der Waals surface area contributed by atoms with E-state index in [2.05, 4.69) is 10.3 Å². The third-order valence-corrected chi connectivity index (χ3v) is 3.27. The summed E-state index contributed by atoms with van der Waals surface area (Å²) >= 11 is 7.31. The molecule has 0 radical (unpaired) electrons. The van der Waals surface area contributed by atoms with Crippen molar-refractivity contribution in [1.82, 2.24) is 4.98 Å². The number of nitrogens with zero attached hydrogens (tertiary/aromatic N) is 1. The number of aromatic nitrogens is 1. The van der Waals surface area contributed by atoms with Crippen molar-refractivity contribution in [1.29, 1.82) is 0 Å². The van der Waals surface area contributed by atoms with Gasteiger partial charge in [0.1, 0.15) is 11.4 Å². The van der Waals surface area contributed by atoms with Gasteiger partial charge in [0.15, 0.2) is 0 Å². The maximum Gasteiger partial charge on any atom is 0.275 e. The molecule has 0 aliphatic heterocycles. The fourth-order valence-corrected chi connectivity index (χ4v) is 2.20. The van der Waals surface area contributed by atoms with Gasteiger partial charge in [0, 0.05) is 10.4 Å². The summed E-state index contributed by atoms with van der Waals surface area (Å²) in [6, 6.07) is 5.03. The van der Waals surface area contributed by atoms with E-state index in [-0.39, 0.29) is 5.91 Å². The van der Waals surface area contributed by atoms with Crippen LogP contribution in [0.1, 0.15) is 15.5 Å². The van der Waals surface area contributed by atoms with Gasteiger partial charge < -0.3 is 10.1 Å². The number of benzene rings is 1. The first kappa shape index (κ1) is 12.9. The molecule has 18 heavy (non-hydrogen) atoms. The number of anilines is 1. The molecule has 0 aliphatic rings. The predicted octanol–water partition coefficient (Wildman–Crippen LogP) is 3.37. The van der Waals surface area contributed by atoms with Crippen LogP contribution in [0.5, 0.6) is 5.75 Å². The minimum atomic E-state index is -0.278. The van der Waals surface area contributed by atoms with Crippen LogP contribution in [0.15, 0.2) is 23.6 Å². The van der Waals surface area contributed by atoms with Crippen LogP contribution in [0.4, 0.5) is 5.69 Å². The first-order chi connectivity index (χ1) is 8.60. The van der Waals surface area contributed by atoms with Gasteiger partial charge in [0.2, 0.25) is 0 Å². The Morgan fingerprint density at radius 2 is 2.28 bits per heavy atom. The van der Waals surface area contributed by atoms with Gasteiger partial charge in [0.25, 0.3) is 5.91 Å². The molecule has 1 amide bonds. The van der Waals surface area contributed by atoms with Crippen LogP contribution in [0.3, 0.4) is 0 Å². The monoisotopic (exact) mass is 282 g/mol. The van der Waals surface area contributed by atoms with Gasteiger partial charge in [-0.15, -0.1) is 11.3 Å². The minimum absolute atomic E-state index is 0.278. The van der Waals surface area contributed by atoms with Crippen molar-refractivity contribution in [2.24, 2.45) is 0 Å². The van der Waals surface area contributed by atoms with E-state index in [1.54, 1.807) is 23.6 Å². The fraction of sp³-hybridized carbons (Fsp3) is 0.167. The maximum atomic E-state index is 11.9. The van der Waals surface area contributed by atoms with E-state index in [0.29, 0.717) is 22.2 Å². The Bertz CT molecular complexity index is 583. The summed E-state index contributed by atoms with van der Waals surface area (Å²) in [5.74, 6) is 0.277. The van der Waals surface area contributed by atoms with Crippen molar-refractivity contribution < 1.29 is 9.53 Å². The predicted molar refractivity (Wildman–Crippen MR) is 72.8 cm³/mol. The molecule has 1 N–H and O–H groups in total. The SMILES string of the molecule is COc1ccc(Cl)cc1NC(=O)c1csc(C)n1. The highest BCUT2D eigenvalue weighted by molar-refractivity contribution is 7.09. The standard InChI is InChI=1S/C12H11ClN2O2S/c1-7-14-10(6-18-7)12(16)15-9-5-8(13)3-4-11(9)17-2/h3-6H,1-2H3,(H,15,16). The molecule has 0 fully saturated rings. The third kappa shape index (κ3) is 2.80. The number of carbonyl (C=O) groups excluding carboxylic acids is 1. The molecule has 1 heterocycles. The first-order valence-corrected chi connectivity index (χ1v) is 6.43. The second kappa shape index (κ2) is 5.37. The second-order valence-corrected chi connectivity index (χ2v) is 5.05. The van der Waals surface area contributed by atoms with E-state index in [1.807, 2.05) is 6.92 Å². The minimum Gasteiger partial charge on any atom is -0.495 e. The number of ether oxygens (including phenoxy) is 1. The molecule has 0 bridgehead atoms. The number of halogens is 1. The Labute approximate surface area is 114 Å². The van der Waals surface area contributed by atoms with Crippen LogP contribution in [0.25, 0.3) is 0 Å². The van der Waals surface area contributed by atoms with Gasteiger partial charge in [0.05, 0.1) is 17.8 Å². The largest absolute Gasteiger partial charge is 0.495 e. The zero-order chi connectivity index (χ0) is 13.1. The van der Waals surface area contributed by atoms with Gasteiger partial charge in [-0.2, -0.15) is 0 Å². The van der Waals surface area contributed by atoms with Gasteiger partial charge in [-0.3, -0.25) is 4.79 Å². The Hall–Kier alpha value is -1.59. The molecule has 1 aromatic carbocycles. The van der Waals surface area contributed by atoms with E-state index in [1.165, 1.54) is 18.4 Å². The van der Waals surface area contributed by atoms with Gasteiger partial charge >= 0.3 is 0 Å². The number of rotatable bonds is 3. The van der Waals surface area contributed by atoms with Crippen molar-refractivity contribution in [3.05, 3.63) is 39.3 Å². The van der Waals surface area contributed by atoms with Gasteiger partial charge in [-0.25, -0.2) is 4.98 Å². The highest BCUT2D eigenvalue weighted by atomic mass is 35.5. The van der Waals surface area contributed by atoms with E-state index in [4.69, 9.17) is 16.3 Å². The summed E-state index contributed by atoms with van der Waals surface area (Å²) in [4.78, 5) is 16.1. The molecule has 6 heteroatoms. The van der Waals surface area contributed by atoms with E-state index in [9.17, 15) is 4.79 Å². The lowest BCUT2D eigenvalue weighted by Gasteiger charge is -2.09. The number of hydrogen-bond donors (Lipinski definition) is 1. The molecular weight excluding hydrogens is 272 g/mol. The van der Waals surface area contributed by atoms with Gasteiger partial charge in [-0.05, 0) is 25.1 Å². The molecule has 0 atom stereocenters. The average Bonchev–Trinajstić information content (AvgIpc) is 2.76. The summed E-state index contributed by atoms with van der Waals surface area (Å²) < 4.78 is 5.15. The number of aryl methyl sites for hydroxylation is 1. The van der Waals surface area contributed by atoms with Crippen molar-refractivity contribution >= 4 is 34.5 Å². The molecule has 0 unspecified atom stereocenters. The zero-order valence-corrected chi connectivity index (χ0v) is 11.4. The van der Waals surface area contributed by atoms with Crippen LogP contribution in [-0.2, 0) is 0 Å². The van der Waals surface area contributed by atoms with Crippen LogP contribution >= 0.6 is 22.9 Å². The molecule has 1 aromatic heterocycles. The highest BCUT2D eigenvalue weighted by Gasteiger charge is 2.12. The quantitative estimate of drug-likeness (QED) is 0.939. The molecule has 2 aromatic rings. The molecule has 4 nitrogen and oxygen atoms in total. The number of amides is 1. The van der Waals surface area contributed by atoms with Crippen molar-refractivity contribution in [2.45, 2.75) is 6.92 Å². The second-order valence-electron chi connectivity index (χ2n) is 3.55. The van der Waals surface area contributed by atoms with E-state index < -0.39 is 0 Å². The molecule has 0 spiro atoms. The summed E-state index contributed by atoms with van der Waals surface area (Å²) in [7, 11) is 1.53.